The average molecular weight is 445 g/mol. The molecular formula is C22H28BNO8. The maximum Gasteiger partial charge on any atom is 0.487 e. The van der Waals surface area contributed by atoms with Gasteiger partial charge in [0.15, 0.2) is 0 Å². The molecule has 0 aromatic carbocycles. The highest BCUT2D eigenvalue weighted by atomic mass is 16.5. The molecule has 172 valence electrons. The normalized spacial score (nSPS) is 27.7. The number of furan rings is 1. The Kier molecular flexibility index (Phi) is 6.55. The number of nitrogens with zero attached hydrogens (tertiary/aromatic N) is 1. The number of carboxylic acids is 1. The fourth-order valence-electron chi connectivity index (χ4n) is 5.40. The van der Waals surface area contributed by atoms with E-state index >= 15 is 0 Å². The van der Waals surface area contributed by atoms with Crippen LogP contribution in [0.4, 0.5) is 0 Å². The van der Waals surface area contributed by atoms with Gasteiger partial charge in [-0.15, -0.1) is 0 Å². The van der Waals surface area contributed by atoms with E-state index in [-0.39, 0.29) is 37.3 Å². The van der Waals surface area contributed by atoms with Crippen molar-refractivity contribution >= 4 is 24.9 Å². The third-order valence-electron chi connectivity index (χ3n) is 6.87. The van der Waals surface area contributed by atoms with Crippen molar-refractivity contribution < 1.29 is 38.7 Å². The predicted octanol–water partition coefficient (Wildman–Crippen LogP) is 1.84. The van der Waals surface area contributed by atoms with E-state index in [1.165, 1.54) is 4.90 Å². The molecule has 9 nitrogen and oxygen atoms in total. The summed E-state index contributed by atoms with van der Waals surface area (Å²) < 4.78 is 11.4. The van der Waals surface area contributed by atoms with Crippen LogP contribution in [-0.2, 0) is 25.6 Å². The molecule has 4 atom stereocenters. The minimum atomic E-state index is -1.18. The molecule has 3 aliphatic rings. The fourth-order valence-corrected chi connectivity index (χ4v) is 5.40. The Morgan fingerprint density at radius 3 is 2.66 bits per heavy atom. The maximum atomic E-state index is 13.3. The van der Waals surface area contributed by atoms with Crippen molar-refractivity contribution in [3.63, 3.8) is 0 Å². The summed E-state index contributed by atoms with van der Waals surface area (Å²) in [6.07, 6.45) is 2.01. The molecule has 0 bridgehead atoms. The molecule has 2 amide bonds. The molecule has 10 heteroatoms. The van der Waals surface area contributed by atoms with Crippen LogP contribution in [0.2, 0.25) is 0 Å². The van der Waals surface area contributed by atoms with Crippen LogP contribution in [0.5, 0.6) is 0 Å². The zero-order chi connectivity index (χ0) is 23.0. The van der Waals surface area contributed by atoms with Crippen LogP contribution < -0.4 is 0 Å². The number of carboxylic acid groups (broad SMARTS) is 1. The predicted molar refractivity (Wildman–Crippen MR) is 112 cm³/mol. The highest BCUT2D eigenvalue weighted by Gasteiger charge is 2.57. The standard InChI is InChI=1S/C22H28BNO8/c1-12-9-15-19(22(29)24(21(15)28)8-4-2-3-5-18(26)27)14-10-17(32-23(30)20(12)14)16-7-6-13(11-25)31-16/h6-7,14-15,17,19,25,30H,2-5,8-11H2,1H3,(H,26,27)/t14-,15-,17-,19+/m0/s1. The monoisotopic (exact) mass is 445 g/mol. The van der Waals surface area contributed by atoms with Gasteiger partial charge < -0.3 is 24.3 Å². The summed E-state index contributed by atoms with van der Waals surface area (Å²) in [5.74, 6) is -1.74. The Morgan fingerprint density at radius 1 is 1.19 bits per heavy atom. The van der Waals surface area contributed by atoms with Crippen LogP contribution >= 0.6 is 0 Å². The molecule has 0 radical (unpaired) electrons. The fraction of sp³-hybridized carbons (Fsp3) is 0.591. The number of carbonyl (C=O) groups excluding carboxylic acids is 2. The smallest absolute Gasteiger partial charge is 0.481 e. The number of fused-ring (bicyclic) bond motifs is 3. The third kappa shape index (κ3) is 4.14. The molecule has 3 heterocycles. The summed E-state index contributed by atoms with van der Waals surface area (Å²) in [6, 6.07) is 3.33. The topological polar surface area (TPSA) is 138 Å². The van der Waals surface area contributed by atoms with E-state index in [1.54, 1.807) is 12.1 Å². The quantitative estimate of drug-likeness (QED) is 0.313. The summed E-state index contributed by atoms with van der Waals surface area (Å²) in [5.41, 5.74) is 1.56. The average Bonchev–Trinajstić information content (AvgIpc) is 3.32. The summed E-state index contributed by atoms with van der Waals surface area (Å²) in [6.45, 7) is 1.91. The third-order valence-corrected chi connectivity index (χ3v) is 6.87. The Labute approximate surface area is 186 Å². The SMILES string of the molecule is CC1=C2B(O)O[C@H](c3ccc(CO)o3)C[C@H]2[C@H]2C(=O)N(CCCCCC(=O)O)C(=O)[C@H]2C1. The molecule has 4 rings (SSSR count). The number of imide groups is 1. The van der Waals surface area contributed by atoms with E-state index in [2.05, 4.69) is 0 Å². The summed E-state index contributed by atoms with van der Waals surface area (Å²) >= 11 is 0. The number of aliphatic carboxylic acids is 1. The minimum Gasteiger partial charge on any atom is -0.481 e. The molecule has 0 spiro atoms. The first-order valence-electron chi connectivity index (χ1n) is 11.1. The lowest BCUT2D eigenvalue weighted by atomic mass is 9.55. The molecule has 1 aliphatic carbocycles. The summed E-state index contributed by atoms with van der Waals surface area (Å²) in [4.78, 5) is 38.3. The first kappa shape index (κ1) is 22.8. The number of carbonyl (C=O) groups is 3. The van der Waals surface area contributed by atoms with E-state index in [9.17, 15) is 24.5 Å². The zero-order valence-corrected chi connectivity index (χ0v) is 18.0. The second-order valence-corrected chi connectivity index (χ2v) is 8.89. The molecule has 0 saturated carbocycles. The second-order valence-electron chi connectivity index (χ2n) is 8.89. The number of unbranched alkanes of at least 4 members (excludes halogenated alkanes) is 2. The van der Waals surface area contributed by atoms with Gasteiger partial charge in [-0.2, -0.15) is 0 Å². The Balaban J connectivity index is 1.51. The van der Waals surface area contributed by atoms with Crippen LogP contribution in [0, 0.1) is 17.8 Å². The highest BCUT2D eigenvalue weighted by molar-refractivity contribution is 6.53. The van der Waals surface area contributed by atoms with E-state index < -0.39 is 31.0 Å². The Morgan fingerprint density at radius 2 is 1.97 bits per heavy atom. The van der Waals surface area contributed by atoms with Crippen molar-refractivity contribution in [3.8, 4) is 0 Å². The number of aliphatic hydroxyl groups excluding tert-OH is 1. The van der Waals surface area contributed by atoms with Gasteiger partial charge in [-0.3, -0.25) is 19.3 Å². The molecule has 0 unspecified atom stereocenters. The van der Waals surface area contributed by atoms with Crippen molar-refractivity contribution in [2.75, 3.05) is 6.54 Å². The first-order valence-corrected chi connectivity index (χ1v) is 11.1. The van der Waals surface area contributed by atoms with Crippen LogP contribution in [-0.4, -0.2) is 51.6 Å². The number of hydrogen-bond donors (Lipinski definition) is 3. The number of amides is 2. The first-order chi connectivity index (χ1) is 15.3. The van der Waals surface area contributed by atoms with Crippen LogP contribution in [0.1, 0.15) is 63.1 Å². The molecular weight excluding hydrogens is 417 g/mol. The van der Waals surface area contributed by atoms with Crippen molar-refractivity contribution in [2.45, 2.75) is 58.2 Å². The van der Waals surface area contributed by atoms with Gasteiger partial charge in [0.1, 0.15) is 24.2 Å². The molecule has 2 fully saturated rings. The van der Waals surface area contributed by atoms with Gasteiger partial charge in [-0.1, -0.05) is 12.0 Å². The molecule has 32 heavy (non-hydrogen) atoms. The van der Waals surface area contributed by atoms with Crippen molar-refractivity contribution in [2.24, 2.45) is 17.8 Å². The van der Waals surface area contributed by atoms with Gasteiger partial charge in [0.05, 0.1) is 11.8 Å². The number of aliphatic hydroxyl groups is 1. The van der Waals surface area contributed by atoms with Gasteiger partial charge in [0.25, 0.3) is 0 Å². The molecule has 1 aromatic rings. The zero-order valence-electron chi connectivity index (χ0n) is 18.0. The minimum absolute atomic E-state index is 0.0751. The van der Waals surface area contributed by atoms with Gasteiger partial charge in [0, 0.05) is 13.0 Å². The van der Waals surface area contributed by atoms with Crippen LogP contribution in [0.3, 0.4) is 0 Å². The Bertz CT molecular complexity index is 940. The van der Waals surface area contributed by atoms with Crippen LogP contribution in [0.15, 0.2) is 27.6 Å². The van der Waals surface area contributed by atoms with Crippen LogP contribution in [0.25, 0.3) is 0 Å². The van der Waals surface area contributed by atoms with Gasteiger partial charge in [-0.05, 0) is 56.1 Å². The lowest BCUT2D eigenvalue weighted by Gasteiger charge is -2.41. The summed E-state index contributed by atoms with van der Waals surface area (Å²) in [5, 5.41) is 28.7. The molecule has 2 aliphatic heterocycles. The second kappa shape index (κ2) is 9.21. The molecule has 2 saturated heterocycles. The van der Waals surface area contributed by atoms with Crippen molar-refractivity contribution in [1.29, 1.82) is 0 Å². The van der Waals surface area contributed by atoms with E-state index in [1.807, 2.05) is 6.92 Å². The highest BCUT2D eigenvalue weighted by Crippen LogP contribution is 2.51. The lowest BCUT2D eigenvalue weighted by molar-refractivity contribution is -0.141. The lowest BCUT2D eigenvalue weighted by Crippen LogP contribution is -2.44. The molecule has 3 N–H and O–H groups in total. The van der Waals surface area contributed by atoms with Crippen molar-refractivity contribution in [3.05, 3.63) is 34.7 Å². The number of allylic oxidation sites excluding steroid dienone is 2. The number of rotatable bonds is 8. The number of hydrogen-bond acceptors (Lipinski definition) is 7. The van der Waals surface area contributed by atoms with Gasteiger partial charge in [0.2, 0.25) is 11.8 Å². The van der Waals surface area contributed by atoms with E-state index in [0.717, 1.165) is 5.57 Å². The van der Waals surface area contributed by atoms with Gasteiger partial charge in [-0.25, -0.2) is 0 Å². The van der Waals surface area contributed by atoms with Crippen molar-refractivity contribution in [1.82, 2.24) is 4.90 Å². The largest absolute Gasteiger partial charge is 0.487 e. The van der Waals surface area contributed by atoms with E-state index in [4.69, 9.17) is 14.2 Å². The molecule has 1 aromatic heterocycles. The van der Waals surface area contributed by atoms with E-state index in [0.29, 0.717) is 49.1 Å². The Hall–Kier alpha value is -2.43. The maximum absolute atomic E-state index is 13.3. The summed E-state index contributed by atoms with van der Waals surface area (Å²) in [7, 11) is -1.18. The number of likely N-dealkylation sites (tertiary alicyclic amines) is 1. The van der Waals surface area contributed by atoms with Gasteiger partial charge >= 0.3 is 13.1 Å².